The minimum Gasteiger partial charge on any atom is -0.376 e. The zero-order chi connectivity index (χ0) is 20.9. The van der Waals surface area contributed by atoms with Crippen molar-refractivity contribution in [3.05, 3.63) is 81.6 Å². The second-order valence-corrected chi connectivity index (χ2v) is 8.26. The summed E-state index contributed by atoms with van der Waals surface area (Å²) < 4.78 is 5.83. The van der Waals surface area contributed by atoms with Crippen LogP contribution < -0.4 is 10.9 Å². The van der Waals surface area contributed by atoms with E-state index in [0.29, 0.717) is 30.3 Å². The van der Waals surface area contributed by atoms with Gasteiger partial charge in [-0.25, -0.2) is 0 Å². The quantitative estimate of drug-likeness (QED) is 0.592. The summed E-state index contributed by atoms with van der Waals surface area (Å²) in [5, 5.41) is 5.01. The summed E-state index contributed by atoms with van der Waals surface area (Å²) >= 11 is 5.71. The number of nitrogens with one attached hydrogen (secondary N) is 2. The van der Waals surface area contributed by atoms with Crippen molar-refractivity contribution in [3.63, 3.8) is 0 Å². The number of hydrogen-bond donors (Lipinski definition) is 2. The van der Waals surface area contributed by atoms with Gasteiger partial charge < -0.3 is 19.9 Å². The molecule has 1 aromatic heterocycles. The summed E-state index contributed by atoms with van der Waals surface area (Å²) in [7, 11) is 0. The number of aromatic nitrogens is 1. The first-order chi connectivity index (χ1) is 14.6. The summed E-state index contributed by atoms with van der Waals surface area (Å²) in [4.78, 5) is 17.8. The second-order valence-electron chi connectivity index (χ2n) is 7.87. The highest BCUT2D eigenvalue weighted by atomic mass is 32.1. The average Bonchev–Trinajstić information content (AvgIpc) is 3.26. The maximum atomic E-state index is 12.7. The summed E-state index contributed by atoms with van der Waals surface area (Å²) in [5.74, 6) is 0. The third kappa shape index (κ3) is 5.07. The Morgan fingerprint density at radius 2 is 2.07 bits per heavy atom. The molecule has 2 N–H and O–H groups in total. The van der Waals surface area contributed by atoms with E-state index < -0.39 is 0 Å². The van der Waals surface area contributed by atoms with Gasteiger partial charge >= 0.3 is 0 Å². The number of aromatic amines is 1. The van der Waals surface area contributed by atoms with E-state index in [1.807, 2.05) is 43.3 Å². The Morgan fingerprint density at radius 1 is 1.23 bits per heavy atom. The highest BCUT2D eigenvalue weighted by Gasteiger charge is 2.22. The number of ether oxygens (including phenoxy) is 1. The summed E-state index contributed by atoms with van der Waals surface area (Å²) in [6, 6.07) is 18.2. The molecule has 1 fully saturated rings. The predicted octanol–water partition coefficient (Wildman–Crippen LogP) is 3.89. The molecule has 30 heavy (non-hydrogen) atoms. The molecule has 0 spiro atoms. The minimum atomic E-state index is -0.0729. The van der Waals surface area contributed by atoms with Crippen LogP contribution in [-0.2, 0) is 17.8 Å². The molecule has 0 aliphatic carbocycles. The zero-order valence-electron chi connectivity index (χ0n) is 17.2. The van der Waals surface area contributed by atoms with E-state index in [2.05, 4.69) is 33.4 Å². The molecule has 0 amide bonds. The van der Waals surface area contributed by atoms with Gasteiger partial charge in [0.05, 0.1) is 12.6 Å². The molecular weight excluding hydrogens is 394 g/mol. The van der Waals surface area contributed by atoms with Crippen LogP contribution in [0.4, 0.5) is 0 Å². The number of H-pyrrole nitrogens is 1. The van der Waals surface area contributed by atoms with Crippen LogP contribution in [0.2, 0.25) is 0 Å². The molecule has 2 aromatic carbocycles. The second kappa shape index (κ2) is 9.41. The fourth-order valence-corrected chi connectivity index (χ4v) is 4.03. The van der Waals surface area contributed by atoms with Gasteiger partial charge in [-0.2, -0.15) is 0 Å². The smallest absolute Gasteiger partial charge is 0.253 e. The van der Waals surface area contributed by atoms with E-state index in [-0.39, 0.29) is 11.7 Å². The van der Waals surface area contributed by atoms with E-state index in [9.17, 15) is 4.79 Å². The van der Waals surface area contributed by atoms with Gasteiger partial charge in [0.25, 0.3) is 5.56 Å². The van der Waals surface area contributed by atoms with Crippen molar-refractivity contribution in [2.75, 3.05) is 13.2 Å². The Hall–Kier alpha value is -2.70. The van der Waals surface area contributed by atoms with Crippen LogP contribution in [0.25, 0.3) is 10.9 Å². The lowest BCUT2D eigenvalue weighted by Gasteiger charge is -2.28. The average molecular weight is 422 g/mol. The monoisotopic (exact) mass is 421 g/mol. The molecule has 1 saturated heterocycles. The molecule has 3 aromatic rings. The number of pyridine rings is 1. The Balaban J connectivity index is 1.53. The van der Waals surface area contributed by atoms with Crippen LogP contribution in [-0.4, -0.2) is 34.3 Å². The SMILES string of the molecule is Cc1ccc2cc(CN(CC3CCCO3)C(=S)NCc3ccccc3)c(=O)[nH]c2c1. The van der Waals surface area contributed by atoms with Crippen molar-refractivity contribution in [2.24, 2.45) is 0 Å². The summed E-state index contributed by atoms with van der Waals surface area (Å²) in [6.45, 7) is 4.57. The number of rotatable bonds is 6. The maximum absolute atomic E-state index is 12.7. The molecule has 0 saturated carbocycles. The highest BCUT2D eigenvalue weighted by Crippen LogP contribution is 2.17. The van der Waals surface area contributed by atoms with Crippen LogP contribution in [0.3, 0.4) is 0 Å². The van der Waals surface area contributed by atoms with Gasteiger partial charge in [-0.1, -0.05) is 42.5 Å². The zero-order valence-corrected chi connectivity index (χ0v) is 18.0. The fraction of sp³-hybridized carbons (Fsp3) is 0.333. The first-order valence-electron chi connectivity index (χ1n) is 10.4. The Morgan fingerprint density at radius 3 is 2.83 bits per heavy atom. The van der Waals surface area contributed by atoms with Crippen molar-refractivity contribution in [1.82, 2.24) is 15.2 Å². The van der Waals surface area contributed by atoms with E-state index in [0.717, 1.165) is 41.5 Å². The molecule has 0 radical (unpaired) electrons. The molecule has 1 aliphatic heterocycles. The fourth-order valence-electron chi connectivity index (χ4n) is 3.82. The van der Waals surface area contributed by atoms with Crippen molar-refractivity contribution < 1.29 is 4.74 Å². The largest absolute Gasteiger partial charge is 0.376 e. The van der Waals surface area contributed by atoms with Crippen molar-refractivity contribution in [1.29, 1.82) is 0 Å². The molecule has 5 nitrogen and oxygen atoms in total. The van der Waals surface area contributed by atoms with Crippen LogP contribution in [0.1, 0.15) is 29.5 Å². The highest BCUT2D eigenvalue weighted by molar-refractivity contribution is 7.80. The lowest BCUT2D eigenvalue weighted by Crippen LogP contribution is -2.43. The number of thiocarbonyl (C=S) groups is 1. The number of nitrogens with zero attached hydrogens (tertiary/aromatic N) is 1. The number of fused-ring (bicyclic) bond motifs is 1. The lowest BCUT2D eigenvalue weighted by atomic mass is 10.1. The van der Waals surface area contributed by atoms with Crippen LogP contribution in [0.15, 0.2) is 59.4 Å². The van der Waals surface area contributed by atoms with Gasteiger partial charge in [0.2, 0.25) is 0 Å². The normalized spacial score (nSPS) is 16.0. The summed E-state index contributed by atoms with van der Waals surface area (Å²) in [6.07, 6.45) is 2.23. The van der Waals surface area contributed by atoms with Crippen LogP contribution >= 0.6 is 12.2 Å². The Kier molecular flexibility index (Phi) is 6.45. The Bertz CT molecular complexity index is 1070. The van der Waals surface area contributed by atoms with Gasteiger partial charge in [0.15, 0.2) is 5.11 Å². The summed E-state index contributed by atoms with van der Waals surface area (Å²) in [5.41, 5.74) is 3.77. The van der Waals surface area contributed by atoms with E-state index in [4.69, 9.17) is 17.0 Å². The number of aryl methyl sites for hydroxylation is 1. The van der Waals surface area contributed by atoms with Gasteiger partial charge in [0, 0.05) is 30.8 Å². The van der Waals surface area contributed by atoms with Crippen molar-refractivity contribution in [3.8, 4) is 0 Å². The Labute approximate surface area is 182 Å². The molecule has 1 atom stereocenters. The van der Waals surface area contributed by atoms with Gasteiger partial charge in [-0.05, 0) is 60.6 Å². The van der Waals surface area contributed by atoms with Crippen molar-refractivity contribution >= 4 is 28.2 Å². The molecule has 156 valence electrons. The first-order valence-corrected chi connectivity index (χ1v) is 10.8. The standard InChI is InChI=1S/C24H27N3O2S/c1-17-9-10-19-13-20(23(28)26-22(19)12-17)15-27(16-21-8-5-11-29-21)24(30)25-14-18-6-3-2-4-7-18/h2-4,6-7,9-10,12-13,21H,5,8,11,14-16H2,1H3,(H,25,30)(H,26,28). The maximum Gasteiger partial charge on any atom is 0.253 e. The minimum absolute atomic E-state index is 0.0729. The van der Waals surface area contributed by atoms with Crippen molar-refractivity contribution in [2.45, 2.75) is 39.0 Å². The first kappa shape index (κ1) is 20.6. The predicted molar refractivity (Wildman–Crippen MR) is 125 cm³/mol. The molecule has 1 aliphatic rings. The third-order valence-corrected chi connectivity index (χ3v) is 5.86. The van der Waals surface area contributed by atoms with Crippen LogP contribution in [0.5, 0.6) is 0 Å². The number of benzene rings is 2. The molecule has 0 bridgehead atoms. The molecule has 4 rings (SSSR count). The van der Waals surface area contributed by atoms with Gasteiger partial charge in [-0.15, -0.1) is 0 Å². The van der Waals surface area contributed by atoms with E-state index >= 15 is 0 Å². The molecule has 2 heterocycles. The molecular formula is C24H27N3O2S. The number of hydrogen-bond acceptors (Lipinski definition) is 3. The lowest BCUT2D eigenvalue weighted by molar-refractivity contribution is 0.0896. The van der Waals surface area contributed by atoms with Gasteiger partial charge in [0.1, 0.15) is 0 Å². The molecule has 6 heteroatoms. The third-order valence-electron chi connectivity index (χ3n) is 5.46. The van der Waals surface area contributed by atoms with E-state index in [1.165, 1.54) is 0 Å². The van der Waals surface area contributed by atoms with E-state index in [1.54, 1.807) is 0 Å². The van der Waals surface area contributed by atoms with Gasteiger partial charge in [-0.3, -0.25) is 4.79 Å². The van der Waals surface area contributed by atoms with Crippen LogP contribution in [0, 0.1) is 6.92 Å². The topological polar surface area (TPSA) is 57.4 Å². The molecule has 1 unspecified atom stereocenters.